The lowest BCUT2D eigenvalue weighted by molar-refractivity contribution is -0.118. The van der Waals surface area contributed by atoms with Crippen LogP contribution in [0.15, 0.2) is 30.6 Å². The first-order valence-corrected chi connectivity index (χ1v) is 6.42. The zero-order chi connectivity index (χ0) is 13.7. The van der Waals surface area contributed by atoms with Crippen molar-refractivity contribution < 1.29 is 4.79 Å². The number of Topliss-reactive ketones (excluding diaryl/α,β-unsaturated/α-hetero) is 1. The molecule has 19 heavy (non-hydrogen) atoms. The average Bonchev–Trinajstić information content (AvgIpc) is 2.85. The summed E-state index contributed by atoms with van der Waals surface area (Å²) >= 11 is 0. The van der Waals surface area contributed by atoms with E-state index in [2.05, 4.69) is 10.1 Å². The van der Waals surface area contributed by atoms with Gasteiger partial charge in [-0.1, -0.05) is 12.1 Å². The largest absolute Gasteiger partial charge is 0.399 e. The summed E-state index contributed by atoms with van der Waals surface area (Å²) < 4.78 is 1.75. The van der Waals surface area contributed by atoms with Gasteiger partial charge in [-0.05, 0) is 31.0 Å². The molecule has 2 aromatic rings. The predicted octanol–water partition coefficient (Wildman–Crippen LogP) is 1.62. The number of carbonyl (C=O) groups is 1. The van der Waals surface area contributed by atoms with Crippen molar-refractivity contribution in [1.29, 1.82) is 0 Å². The maximum absolute atomic E-state index is 11.9. The van der Waals surface area contributed by atoms with Gasteiger partial charge >= 0.3 is 0 Å². The summed E-state index contributed by atoms with van der Waals surface area (Å²) in [5, 5.41) is 4.06. The highest BCUT2D eigenvalue weighted by Gasteiger charge is 2.09. The molecule has 0 saturated carbocycles. The van der Waals surface area contributed by atoms with E-state index in [1.165, 1.54) is 6.33 Å². The first kappa shape index (κ1) is 13.3. The van der Waals surface area contributed by atoms with E-state index in [-0.39, 0.29) is 5.78 Å². The Bertz CT molecular complexity index is 545. The van der Waals surface area contributed by atoms with Gasteiger partial charge in [0.15, 0.2) is 0 Å². The van der Waals surface area contributed by atoms with E-state index in [0.717, 1.165) is 30.0 Å². The summed E-state index contributed by atoms with van der Waals surface area (Å²) in [4.78, 5) is 16.0. The second-order valence-corrected chi connectivity index (χ2v) is 4.45. The predicted molar refractivity (Wildman–Crippen MR) is 73.6 cm³/mol. The molecule has 0 spiro atoms. The fraction of sp³-hybridized carbons (Fsp3) is 0.357. The maximum atomic E-state index is 11.9. The Kier molecular flexibility index (Phi) is 4.28. The third-order valence-corrected chi connectivity index (χ3v) is 3.02. The molecular weight excluding hydrogens is 240 g/mol. The van der Waals surface area contributed by atoms with E-state index < -0.39 is 0 Å². The topological polar surface area (TPSA) is 73.8 Å². The lowest BCUT2D eigenvalue weighted by Gasteiger charge is -2.03. The van der Waals surface area contributed by atoms with E-state index in [4.69, 9.17) is 5.73 Å². The van der Waals surface area contributed by atoms with Gasteiger partial charge < -0.3 is 5.73 Å². The van der Waals surface area contributed by atoms with Crippen LogP contribution in [0.1, 0.15) is 24.7 Å². The Morgan fingerprint density at radius 3 is 2.74 bits per heavy atom. The van der Waals surface area contributed by atoms with E-state index in [1.54, 1.807) is 4.68 Å². The second-order valence-electron chi connectivity index (χ2n) is 4.45. The van der Waals surface area contributed by atoms with Crippen molar-refractivity contribution in [3.63, 3.8) is 0 Å². The van der Waals surface area contributed by atoms with Gasteiger partial charge in [-0.3, -0.25) is 4.79 Å². The molecule has 1 heterocycles. The number of carbonyl (C=O) groups excluding carboxylic acids is 1. The van der Waals surface area contributed by atoms with Crippen LogP contribution >= 0.6 is 0 Å². The first-order chi connectivity index (χ1) is 9.19. The Labute approximate surface area is 112 Å². The zero-order valence-electron chi connectivity index (χ0n) is 11.0. The van der Waals surface area contributed by atoms with Crippen LogP contribution in [-0.4, -0.2) is 20.5 Å². The number of rotatable bonds is 6. The van der Waals surface area contributed by atoms with Crippen molar-refractivity contribution in [3.8, 4) is 0 Å². The molecule has 1 aromatic carbocycles. The smallest absolute Gasteiger partial charge is 0.140 e. The summed E-state index contributed by atoms with van der Waals surface area (Å²) in [6.07, 6.45) is 3.09. The Morgan fingerprint density at radius 2 is 2.05 bits per heavy atom. The molecule has 1 aromatic heterocycles. The number of aromatic nitrogens is 3. The molecule has 0 bridgehead atoms. The monoisotopic (exact) mass is 258 g/mol. The van der Waals surface area contributed by atoms with E-state index in [1.807, 2.05) is 31.2 Å². The summed E-state index contributed by atoms with van der Waals surface area (Å²) in [5.41, 5.74) is 7.49. The molecular formula is C14H18N4O. The summed E-state index contributed by atoms with van der Waals surface area (Å²) in [5.74, 6) is 0.921. The van der Waals surface area contributed by atoms with Gasteiger partial charge in [0.05, 0.1) is 6.42 Å². The number of hydrogen-bond acceptors (Lipinski definition) is 4. The highest BCUT2D eigenvalue weighted by atomic mass is 16.1. The molecule has 0 atom stereocenters. The van der Waals surface area contributed by atoms with Crippen LogP contribution in [0.25, 0.3) is 0 Å². The average molecular weight is 258 g/mol. The quantitative estimate of drug-likeness (QED) is 0.799. The standard InChI is InChI=1S/C14H18N4O/c1-2-18-14(16-10-17-18)9-13(19)8-5-11-3-6-12(15)7-4-11/h3-4,6-7,10H,2,5,8-9,15H2,1H3. The molecule has 0 fully saturated rings. The van der Waals surface area contributed by atoms with E-state index in [0.29, 0.717) is 12.8 Å². The van der Waals surface area contributed by atoms with Crippen LogP contribution in [0.2, 0.25) is 0 Å². The summed E-state index contributed by atoms with van der Waals surface area (Å²) in [6, 6.07) is 7.62. The molecule has 0 aliphatic rings. The highest BCUT2D eigenvalue weighted by Crippen LogP contribution is 2.09. The van der Waals surface area contributed by atoms with Crippen molar-refractivity contribution in [1.82, 2.24) is 14.8 Å². The molecule has 0 aliphatic heterocycles. The number of ketones is 1. The van der Waals surface area contributed by atoms with Crippen LogP contribution in [-0.2, 0) is 24.2 Å². The third kappa shape index (κ3) is 3.64. The number of anilines is 1. The Morgan fingerprint density at radius 1 is 1.32 bits per heavy atom. The van der Waals surface area contributed by atoms with Gasteiger partial charge in [0.1, 0.15) is 17.9 Å². The minimum Gasteiger partial charge on any atom is -0.399 e. The van der Waals surface area contributed by atoms with Gasteiger partial charge in [0, 0.05) is 18.7 Å². The fourth-order valence-corrected chi connectivity index (χ4v) is 1.92. The second kappa shape index (κ2) is 6.13. The number of nitrogen functional groups attached to an aromatic ring is 1. The summed E-state index contributed by atoms with van der Waals surface area (Å²) in [7, 11) is 0. The first-order valence-electron chi connectivity index (χ1n) is 6.42. The van der Waals surface area contributed by atoms with Crippen molar-refractivity contribution in [2.24, 2.45) is 0 Å². The number of hydrogen-bond donors (Lipinski definition) is 1. The van der Waals surface area contributed by atoms with Crippen molar-refractivity contribution in [3.05, 3.63) is 42.0 Å². The molecule has 2 rings (SSSR count). The molecule has 2 N–H and O–H groups in total. The fourth-order valence-electron chi connectivity index (χ4n) is 1.92. The molecule has 0 saturated heterocycles. The number of benzene rings is 1. The Hall–Kier alpha value is -2.17. The van der Waals surface area contributed by atoms with Crippen molar-refractivity contribution in [2.75, 3.05) is 5.73 Å². The molecule has 5 nitrogen and oxygen atoms in total. The number of aryl methyl sites for hydroxylation is 2. The van der Waals surface area contributed by atoms with E-state index in [9.17, 15) is 4.79 Å². The zero-order valence-corrected chi connectivity index (χ0v) is 11.0. The maximum Gasteiger partial charge on any atom is 0.140 e. The van der Waals surface area contributed by atoms with Crippen LogP contribution in [0.3, 0.4) is 0 Å². The van der Waals surface area contributed by atoms with Gasteiger partial charge in [0.2, 0.25) is 0 Å². The molecule has 100 valence electrons. The summed E-state index contributed by atoms with van der Waals surface area (Å²) in [6.45, 7) is 2.72. The van der Waals surface area contributed by atoms with Crippen molar-refractivity contribution in [2.45, 2.75) is 32.7 Å². The SMILES string of the molecule is CCn1ncnc1CC(=O)CCc1ccc(N)cc1. The van der Waals surface area contributed by atoms with Crippen LogP contribution in [0, 0.1) is 0 Å². The molecule has 0 aliphatic carbocycles. The minimum atomic E-state index is 0.180. The lowest BCUT2D eigenvalue weighted by atomic mass is 10.1. The number of nitrogens with two attached hydrogens (primary N) is 1. The van der Waals surface area contributed by atoms with E-state index >= 15 is 0 Å². The molecule has 0 radical (unpaired) electrons. The van der Waals surface area contributed by atoms with Crippen LogP contribution in [0.4, 0.5) is 5.69 Å². The number of nitrogens with zero attached hydrogens (tertiary/aromatic N) is 3. The van der Waals surface area contributed by atoms with Crippen LogP contribution < -0.4 is 5.73 Å². The lowest BCUT2D eigenvalue weighted by Crippen LogP contribution is -2.11. The Balaban J connectivity index is 1.86. The third-order valence-electron chi connectivity index (χ3n) is 3.02. The van der Waals surface area contributed by atoms with Gasteiger partial charge in [-0.25, -0.2) is 9.67 Å². The van der Waals surface area contributed by atoms with Gasteiger partial charge in [0.25, 0.3) is 0 Å². The van der Waals surface area contributed by atoms with Gasteiger partial charge in [-0.2, -0.15) is 5.10 Å². The van der Waals surface area contributed by atoms with Gasteiger partial charge in [-0.15, -0.1) is 0 Å². The highest BCUT2D eigenvalue weighted by molar-refractivity contribution is 5.80. The van der Waals surface area contributed by atoms with Crippen molar-refractivity contribution >= 4 is 11.5 Å². The molecule has 0 amide bonds. The molecule has 0 unspecified atom stereocenters. The molecule has 5 heteroatoms. The van der Waals surface area contributed by atoms with Crippen LogP contribution in [0.5, 0.6) is 0 Å². The minimum absolute atomic E-state index is 0.180. The normalized spacial score (nSPS) is 10.6.